The summed E-state index contributed by atoms with van der Waals surface area (Å²) in [6, 6.07) is 16.5. The van der Waals surface area contributed by atoms with Crippen molar-refractivity contribution in [1.29, 1.82) is 0 Å². The summed E-state index contributed by atoms with van der Waals surface area (Å²) in [6.45, 7) is 3.55. The molecule has 3 fully saturated rings. The molecule has 28 heavy (non-hydrogen) atoms. The second kappa shape index (κ2) is 7.34. The molecule has 0 unspecified atom stereocenters. The lowest BCUT2D eigenvalue weighted by Gasteiger charge is -2.44. The second-order valence-corrected chi connectivity index (χ2v) is 9.11. The highest BCUT2D eigenvalue weighted by Gasteiger charge is 2.35. The molecule has 6 rings (SSSR count). The van der Waals surface area contributed by atoms with Crippen LogP contribution in [-0.2, 0) is 0 Å². The molecule has 3 nitrogen and oxygen atoms in total. The van der Waals surface area contributed by atoms with Gasteiger partial charge >= 0.3 is 0 Å². The monoisotopic (exact) mass is 391 g/mol. The number of carbonyl (C=O) groups excluding carboxylic acids is 1. The molecule has 0 radical (unpaired) electrons. The first-order valence-corrected chi connectivity index (χ1v) is 11.0. The van der Waals surface area contributed by atoms with Gasteiger partial charge in [-0.25, -0.2) is 0 Å². The number of thiophene rings is 1. The van der Waals surface area contributed by atoms with Gasteiger partial charge in [-0.05, 0) is 55.3 Å². The molecule has 2 aromatic carbocycles. The van der Waals surface area contributed by atoms with Crippen LogP contribution in [-0.4, -0.2) is 37.4 Å². The van der Waals surface area contributed by atoms with Crippen LogP contribution in [0, 0.1) is 11.8 Å². The first kappa shape index (κ1) is 17.9. The molecule has 3 aliphatic rings. The molecule has 3 aliphatic heterocycles. The van der Waals surface area contributed by atoms with Crippen LogP contribution in [0.5, 0.6) is 5.75 Å². The van der Waals surface area contributed by atoms with Crippen LogP contribution in [0.1, 0.15) is 28.9 Å². The quantitative estimate of drug-likeness (QED) is 0.539. The minimum absolute atomic E-state index is 0.311. The van der Waals surface area contributed by atoms with Crippen LogP contribution in [0.2, 0.25) is 0 Å². The molecule has 3 saturated heterocycles. The summed E-state index contributed by atoms with van der Waals surface area (Å²) in [5, 5.41) is 1.14. The van der Waals surface area contributed by atoms with E-state index in [1.54, 1.807) is 18.4 Å². The molecule has 0 N–H and O–H groups in total. The summed E-state index contributed by atoms with van der Waals surface area (Å²) >= 11 is 1.64. The minimum atomic E-state index is 0.311. The van der Waals surface area contributed by atoms with E-state index in [0.717, 1.165) is 39.6 Å². The molecular formula is C24H25NO2S. The van der Waals surface area contributed by atoms with Gasteiger partial charge in [-0.15, -0.1) is 11.3 Å². The second-order valence-electron chi connectivity index (χ2n) is 8.06. The van der Waals surface area contributed by atoms with Crippen molar-refractivity contribution in [3.63, 3.8) is 0 Å². The highest BCUT2D eigenvalue weighted by atomic mass is 32.1. The number of fused-ring (bicyclic) bond motifs is 4. The maximum absolute atomic E-state index is 13.1. The molecule has 3 aromatic rings. The van der Waals surface area contributed by atoms with Gasteiger partial charge in [-0.2, -0.15) is 0 Å². The maximum Gasteiger partial charge on any atom is 0.173 e. The van der Waals surface area contributed by atoms with Gasteiger partial charge in [-0.3, -0.25) is 4.79 Å². The number of methoxy groups -OCH3 is 1. The molecule has 2 bridgehead atoms. The van der Waals surface area contributed by atoms with Crippen LogP contribution < -0.4 is 4.74 Å². The van der Waals surface area contributed by atoms with Crippen LogP contribution in [0.3, 0.4) is 0 Å². The molecule has 1 atom stereocenters. The topological polar surface area (TPSA) is 29.5 Å². The number of rotatable bonds is 5. The Morgan fingerprint density at radius 3 is 2.64 bits per heavy atom. The lowest BCUT2D eigenvalue weighted by molar-refractivity contribution is 0.0442. The molecule has 144 valence electrons. The molecule has 1 aromatic heterocycles. The third-order valence-electron chi connectivity index (χ3n) is 6.46. The Kier molecular flexibility index (Phi) is 4.69. The van der Waals surface area contributed by atoms with Crippen molar-refractivity contribution >= 4 is 27.2 Å². The van der Waals surface area contributed by atoms with E-state index in [-0.39, 0.29) is 0 Å². The van der Waals surface area contributed by atoms with E-state index in [1.165, 1.54) is 30.6 Å². The summed E-state index contributed by atoms with van der Waals surface area (Å²) in [4.78, 5) is 16.5. The highest BCUT2D eigenvalue weighted by molar-refractivity contribution is 7.21. The predicted octanol–water partition coefficient (Wildman–Crippen LogP) is 5.49. The summed E-state index contributed by atoms with van der Waals surface area (Å²) in [5.74, 6) is 2.45. The number of Topliss-reactive ketones (excluding diaryl/α,β-unsaturated/α-hetero) is 1. The minimum Gasteiger partial charge on any atom is -0.496 e. The maximum atomic E-state index is 13.1. The average Bonchev–Trinajstić information content (AvgIpc) is 3.19. The van der Waals surface area contributed by atoms with Gasteiger partial charge in [0.05, 0.1) is 12.0 Å². The van der Waals surface area contributed by atoms with Gasteiger partial charge in [0.15, 0.2) is 5.78 Å². The van der Waals surface area contributed by atoms with E-state index in [2.05, 4.69) is 35.2 Å². The third-order valence-corrected chi connectivity index (χ3v) is 7.68. The number of para-hydroxylation sites is 1. The zero-order valence-electron chi connectivity index (χ0n) is 16.2. The number of ether oxygens (including phenoxy) is 1. The predicted molar refractivity (Wildman–Crippen MR) is 115 cm³/mol. The first-order valence-electron chi connectivity index (χ1n) is 10.1. The number of piperidine rings is 3. The zero-order chi connectivity index (χ0) is 19.1. The van der Waals surface area contributed by atoms with Crippen LogP contribution in [0.4, 0.5) is 0 Å². The Morgan fingerprint density at radius 1 is 1.11 bits per heavy atom. The van der Waals surface area contributed by atoms with Gasteiger partial charge < -0.3 is 9.64 Å². The van der Waals surface area contributed by atoms with Crippen molar-refractivity contribution < 1.29 is 9.53 Å². The average molecular weight is 392 g/mol. The van der Waals surface area contributed by atoms with Crippen molar-refractivity contribution in [3.05, 3.63) is 53.4 Å². The number of hydrogen-bond acceptors (Lipinski definition) is 4. The van der Waals surface area contributed by atoms with Crippen LogP contribution in [0.15, 0.2) is 48.5 Å². The molecular weight excluding hydrogens is 366 g/mol. The van der Waals surface area contributed by atoms with Gasteiger partial charge in [0.1, 0.15) is 5.75 Å². The van der Waals surface area contributed by atoms with Gasteiger partial charge in [-0.1, -0.05) is 36.4 Å². The molecule has 0 saturated carbocycles. The first-order chi connectivity index (χ1) is 13.7. The smallest absolute Gasteiger partial charge is 0.173 e. The van der Waals surface area contributed by atoms with E-state index in [0.29, 0.717) is 18.1 Å². The molecule has 4 heterocycles. The van der Waals surface area contributed by atoms with Crippen molar-refractivity contribution in [1.82, 2.24) is 4.90 Å². The number of benzene rings is 2. The summed E-state index contributed by atoms with van der Waals surface area (Å²) in [5.41, 5.74) is 2.22. The summed E-state index contributed by atoms with van der Waals surface area (Å²) < 4.78 is 6.74. The zero-order valence-corrected chi connectivity index (χ0v) is 17.0. The third kappa shape index (κ3) is 3.15. The summed E-state index contributed by atoms with van der Waals surface area (Å²) in [6.07, 6.45) is 3.22. The van der Waals surface area contributed by atoms with Gasteiger partial charge in [0.25, 0.3) is 0 Å². The van der Waals surface area contributed by atoms with E-state index in [9.17, 15) is 4.79 Å². The van der Waals surface area contributed by atoms with Crippen molar-refractivity contribution in [2.75, 3.05) is 26.7 Å². The molecule has 0 spiro atoms. The Bertz CT molecular complexity index is 1020. The fraction of sp³-hybridized carbons (Fsp3) is 0.375. The van der Waals surface area contributed by atoms with E-state index >= 15 is 0 Å². The van der Waals surface area contributed by atoms with Crippen molar-refractivity contribution in [2.45, 2.75) is 19.3 Å². The number of hydrogen-bond donors (Lipinski definition) is 0. The lowest BCUT2D eigenvalue weighted by Crippen LogP contribution is -2.47. The van der Waals surface area contributed by atoms with Crippen LogP contribution in [0.25, 0.3) is 21.2 Å². The summed E-state index contributed by atoms with van der Waals surface area (Å²) in [7, 11) is 1.70. The molecule has 0 amide bonds. The van der Waals surface area contributed by atoms with Crippen molar-refractivity contribution in [2.24, 2.45) is 11.8 Å². The van der Waals surface area contributed by atoms with Gasteiger partial charge in [0.2, 0.25) is 0 Å². The Labute approximate surface area is 169 Å². The van der Waals surface area contributed by atoms with Crippen LogP contribution >= 0.6 is 11.3 Å². The Balaban J connectivity index is 1.46. The Hall–Kier alpha value is -2.17. The highest BCUT2D eigenvalue weighted by Crippen LogP contribution is 2.40. The standard InChI is InChI=1S/C24H25NO2S/c1-27-22-8-3-2-6-19(22)20-7-4-5-17-14-23(28-24(17)20)21(26)13-18-15-25-11-9-16(18)10-12-25/h2-8,14,16,18H,9-13,15H2,1H3/t18-/m1/s1. The fourth-order valence-corrected chi connectivity index (χ4v) is 6.07. The number of ketones is 1. The largest absolute Gasteiger partial charge is 0.496 e. The van der Waals surface area contributed by atoms with Gasteiger partial charge in [0, 0.05) is 28.8 Å². The normalized spacial score (nSPS) is 23.8. The van der Waals surface area contributed by atoms with E-state index in [1.807, 2.05) is 18.2 Å². The Morgan fingerprint density at radius 2 is 1.89 bits per heavy atom. The molecule has 4 heteroatoms. The SMILES string of the molecule is COc1ccccc1-c1cccc2cc(C(=O)C[C@@H]3CN4CCC3CC4)sc12. The van der Waals surface area contributed by atoms with E-state index in [4.69, 9.17) is 4.74 Å². The van der Waals surface area contributed by atoms with Crippen molar-refractivity contribution in [3.8, 4) is 16.9 Å². The van der Waals surface area contributed by atoms with E-state index < -0.39 is 0 Å². The lowest BCUT2D eigenvalue weighted by atomic mass is 9.76. The molecule has 0 aliphatic carbocycles. The fourth-order valence-electron chi connectivity index (χ4n) is 4.94. The number of nitrogens with zero attached hydrogens (tertiary/aromatic N) is 1. The number of carbonyl (C=O) groups is 1.